The van der Waals surface area contributed by atoms with E-state index in [2.05, 4.69) is 41.2 Å². The van der Waals surface area contributed by atoms with E-state index in [0.717, 1.165) is 30.5 Å². The zero-order valence-electron chi connectivity index (χ0n) is 51.2. The molecule has 0 spiro atoms. The van der Waals surface area contributed by atoms with E-state index in [1.165, 1.54) is 24.7 Å². The number of hydrogen-bond donors (Lipinski definition) is 5. The number of carbonyl (C=O) groups is 6. The summed E-state index contributed by atoms with van der Waals surface area (Å²) in [5.41, 5.74) is 0.732. The van der Waals surface area contributed by atoms with Gasteiger partial charge in [0.15, 0.2) is 35.9 Å². The van der Waals surface area contributed by atoms with Crippen LogP contribution in [0.3, 0.4) is 0 Å². The second-order valence-corrected chi connectivity index (χ2v) is 21.5. The number of aliphatic hydroxyl groups is 1. The lowest BCUT2D eigenvalue weighted by Gasteiger charge is -2.44. The van der Waals surface area contributed by atoms with Crippen molar-refractivity contribution in [3.8, 4) is 11.5 Å². The molecule has 9 atom stereocenters. The normalized spacial score (nSPS) is 20.7. The topological polar surface area (TPSA) is 355 Å². The number of anilines is 1. The van der Waals surface area contributed by atoms with Crippen molar-refractivity contribution in [1.29, 1.82) is 0 Å². The SMILES string of the molecule is COc1ccc(C(OC[C@H]2O[C@@H](n3cnc4c(=O)[nH]c(NC(=O)C(C)C)nc43)[C@H](OCc3cn(CCOCCNC(=O)CCCCOC4OC(COC(C)=O)C(OC(C)=O)C(OC(C)=O)C4NC(C)=O)nn3)[C@@H]2O)(c2ccccc2)c2ccc(OC)cc2)cc1. The fraction of sp³-hybridized carbons (Fsp3) is 0.492. The van der Waals surface area contributed by atoms with Gasteiger partial charge in [-0.25, -0.2) is 9.67 Å². The Morgan fingerprint density at radius 1 is 0.767 bits per heavy atom. The van der Waals surface area contributed by atoms with Gasteiger partial charge in [0.05, 0.1) is 59.7 Å². The Hall–Kier alpha value is -8.71. The van der Waals surface area contributed by atoms with Gasteiger partial charge in [-0.15, -0.1) is 5.10 Å². The molecule has 8 rings (SSSR count). The van der Waals surface area contributed by atoms with Crippen molar-refractivity contribution in [2.45, 2.75) is 135 Å². The van der Waals surface area contributed by atoms with Crippen molar-refractivity contribution < 1.29 is 86.0 Å². The van der Waals surface area contributed by atoms with E-state index >= 15 is 0 Å². The van der Waals surface area contributed by atoms with Crippen LogP contribution >= 0.6 is 0 Å². The molecule has 2 saturated heterocycles. The van der Waals surface area contributed by atoms with Gasteiger partial charge < -0.3 is 67.8 Å². The summed E-state index contributed by atoms with van der Waals surface area (Å²) in [6.45, 7) is 8.31. The number of H-pyrrole nitrogens is 1. The number of nitrogens with one attached hydrogen (secondary N) is 4. The number of carbonyl (C=O) groups excluding carboxylic acids is 6. The van der Waals surface area contributed by atoms with Crippen LogP contribution in [-0.4, -0.2) is 178 Å². The third-order valence-electron chi connectivity index (χ3n) is 14.6. The Morgan fingerprint density at radius 3 is 2.07 bits per heavy atom. The number of amides is 3. The summed E-state index contributed by atoms with van der Waals surface area (Å²) in [7, 11) is 3.17. The number of aromatic nitrogens is 7. The summed E-state index contributed by atoms with van der Waals surface area (Å²) < 4.78 is 68.3. The molecule has 5 heterocycles. The molecule has 5 unspecified atom stereocenters. The molecular weight excluding hydrogens is 1180 g/mol. The number of nitrogens with zero attached hydrogens (tertiary/aromatic N) is 6. The van der Waals surface area contributed by atoms with E-state index in [1.807, 2.05) is 78.9 Å². The molecular formula is C61H76N10O19. The summed E-state index contributed by atoms with van der Waals surface area (Å²) in [6, 6.07) is 23.5. The Morgan fingerprint density at radius 2 is 1.43 bits per heavy atom. The molecule has 90 heavy (non-hydrogen) atoms. The highest BCUT2D eigenvalue weighted by molar-refractivity contribution is 5.91. The number of methoxy groups -OCH3 is 2. The Bertz CT molecular complexity index is 3390. The Labute approximate surface area is 517 Å². The molecule has 2 fully saturated rings. The van der Waals surface area contributed by atoms with Crippen LogP contribution in [0.25, 0.3) is 11.2 Å². The van der Waals surface area contributed by atoms with Crippen molar-refractivity contribution in [2.24, 2.45) is 5.92 Å². The summed E-state index contributed by atoms with van der Waals surface area (Å²) in [5, 5.41) is 29.0. The first-order chi connectivity index (χ1) is 43.3. The van der Waals surface area contributed by atoms with Gasteiger partial charge >= 0.3 is 17.9 Å². The van der Waals surface area contributed by atoms with Crippen LogP contribution in [0.5, 0.6) is 11.5 Å². The number of aliphatic hydroxyl groups excluding tert-OH is 1. The molecule has 0 aliphatic carbocycles. The number of ether oxygens (including phenoxy) is 11. The van der Waals surface area contributed by atoms with Crippen LogP contribution in [0.2, 0.25) is 0 Å². The van der Waals surface area contributed by atoms with Crippen LogP contribution in [-0.2, 0) is 90.2 Å². The average molecular weight is 1250 g/mol. The first kappa shape index (κ1) is 67.2. The number of rotatable bonds is 31. The Kier molecular flexibility index (Phi) is 23.6. The molecule has 0 bridgehead atoms. The predicted molar refractivity (Wildman–Crippen MR) is 316 cm³/mol. The average Bonchev–Trinajstić information content (AvgIpc) is 1.17. The lowest BCUT2D eigenvalue weighted by Crippen LogP contribution is -2.66. The second-order valence-electron chi connectivity index (χ2n) is 21.5. The van der Waals surface area contributed by atoms with Gasteiger partial charge in [-0.2, -0.15) is 4.98 Å². The van der Waals surface area contributed by atoms with Gasteiger partial charge in [-0.3, -0.25) is 48.4 Å². The van der Waals surface area contributed by atoms with E-state index in [4.69, 9.17) is 52.1 Å². The molecule has 3 amide bonds. The number of aromatic amines is 1. The minimum Gasteiger partial charge on any atom is -0.497 e. The lowest BCUT2D eigenvalue weighted by atomic mass is 9.80. The predicted octanol–water partition coefficient (Wildman–Crippen LogP) is 3.15. The first-order valence-electron chi connectivity index (χ1n) is 29.2. The first-order valence-corrected chi connectivity index (χ1v) is 29.2. The van der Waals surface area contributed by atoms with Crippen molar-refractivity contribution in [3.05, 3.63) is 124 Å². The number of benzene rings is 3. The molecule has 0 saturated carbocycles. The highest BCUT2D eigenvalue weighted by Crippen LogP contribution is 2.43. The molecule has 0 radical (unpaired) electrons. The van der Waals surface area contributed by atoms with Crippen molar-refractivity contribution in [3.63, 3.8) is 0 Å². The third kappa shape index (κ3) is 17.2. The van der Waals surface area contributed by atoms with Crippen molar-refractivity contribution in [1.82, 2.24) is 45.1 Å². The van der Waals surface area contributed by atoms with Gasteiger partial charge in [-0.1, -0.05) is 73.7 Å². The van der Waals surface area contributed by atoms with Crippen LogP contribution in [0.1, 0.15) is 89.4 Å². The maximum absolute atomic E-state index is 13.4. The smallest absolute Gasteiger partial charge is 0.303 e. The minimum absolute atomic E-state index is 0.0461. The van der Waals surface area contributed by atoms with E-state index in [0.29, 0.717) is 30.0 Å². The number of unbranched alkanes of at least 4 members (excludes halogenated alkanes) is 1. The number of hydrogen-bond acceptors (Lipinski definition) is 23. The van der Waals surface area contributed by atoms with E-state index in [1.54, 1.807) is 38.9 Å². The number of fused-ring (bicyclic) bond motifs is 1. The second kappa shape index (κ2) is 31.6. The molecule has 2 aliphatic heterocycles. The summed E-state index contributed by atoms with van der Waals surface area (Å²) in [6.07, 6.45) is -5.69. The molecule has 484 valence electrons. The molecule has 6 aromatic rings. The number of imidazole rings is 1. The quantitative estimate of drug-likeness (QED) is 0.0181. The third-order valence-corrected chi connectivity index (χ3v) is 14.6. The fourth-order valence-corrected chi connectivity index (χ4v) is 10.3. The molecule has 29 nitrogen and oxygen atoms in total. The summed E-state index contributed by atoms with van der Waals surface area (Å²) in [5.74, 6) is -2.51. The van der Waals surface area contributed by atoms with E-state index in [-0.39, 0.29) is 88.1 Å². The van der Waals surface area contributed by atoms with Gasteiger partial charge in [0.1, 0.15) is 59.9 Å². The highest BCUT2D eigenvalue weighted by Gasteiger charge is 2.52. The largest absolute Gasteiger partial charge is 0.497 e. The minimum atomic E-state index is -1.37. The maximum Gasteiger partial charge on any atom is 0.303 e. The summed E-state index contributed by atoms with van der Waals surface area (Å²) >= 11 is 0. The monoisotopic (exact) mass is 1250 g/mol. The number of esters is 3. The van der Waals surface area contributed by atoms with E-state index in [9.17, 15) is 38.7 Å². The zero-order valence-corrected chi connectivity index (χ0v) is 51.2. The van der Waals surface area contributed by atoms with Gasteiger partial charge in [0.25, 0.3) is 5.56 Å². The van der Waals surface area contributed by atoms with Crippen molar-refractivity contribution in [2.75, 3.05) is 59.1 Å². The lowest BCUT2D eigenvalue weighted by molar-refractivity contribution is -0.277. The zero-order chi connectivity index (χ0) is 64.5. The van der Waals surface area contributed by atoms with Crippen LogP contribution in [0.4, 0.5) is 5.95 Å². The Balaban J connectivity index is 0.876. The van der Waals surface area contributed by atoms with Gasteiger partial charge in [-0.05, 0) is 53.8 Å². The van der Waals surface area contributed by atoms with Gasteiger partial charge in [0.2, 0.25) is 23.7 Å². The van der Waals surface area contributed by atoms with Crippen LogP contribution in [0, 0.1) is 5.92 Å². The van der Waals surface area contributed by atoms with Gasteiger partial charge in [0, 0.05) is 53.2 Å². The molecule has 5 N–H and O–H groups in total. The molecule has 2 aliphatic rings. The van der Waals surface area contributed by atoms with E-state index < -0.39 is 96.1 Å². The summed E-state index contributed by atoms with van der Waals surface area (Å²) in [4.78, 5) is 98.5. The molecule has 29 heteroatoms. The van der Waals surface area contributed by atoms with Crippen molar-refractivity contribution >= 4 is 52.7 Å². The molecule has 3 aromatic carbocycles. The highest BCUT2D eigenvalue weighted by atomic mass is 16.7. The maximum atomic E-state index is 13.4. The fourth-order valence-electron chi connectivity index (χ4n) is 10.3. The van der Waals surface area contributed by atoms with Crippen LogP contribution < -0.4 is 31.0 Å². The van der Waals surface area contributed by atoms with Crippen LogP contribution in [0.15, 0.2) is 96.2 Å². The molecule has 3 aromatic heterocycles. The standard InChI is InChI=1S/C61H76N10O19/c1-35(2)56(78)66-60-65-55-50(57(79)67-60)63-34-71(55)58-54(51(77)46(89-58)33-86-61(40-14-10-9-11-15-40,41-17-21-44(80-7)22-18-41)42-19-23-45(81-8)24-20-42)85-31-43-30-70(69-68-43)26-29-82-28-25-62-48(76)16-12-13-27-83-59-49(64-36(3)72)53(88-39(6)75)52(87-38(5)74)47(90-59)32-84-37(4)73/h9-11,14-15,17-24,30,34-35,46-47,49,51-54,58-59,77H,12-13,16,25-29,31-33H2,1-8H3,(H,62,76)(H,64,72)(H2,65,66,67,78,79)/t46-,47?,49?,51-,52?,53?,54-,58-,59?/m1/s1.